The van der Waals surface area contributed by atoms with E-state index in [0.717, 1.165) is 25.9 Å². The third-order valence-electron chi connectivity index (χ3n) is 4.34. The Morgan fingerprint density at radius 3 is 2.72 bits per heavy atom. The van der Waals surface area contributed by atoms with E-state index in [1.165, 1.54) is 32.1 Å². The second-order valence-electron chi connectivity index (χ2n) is 6.14. The molecule has 0 aromatic heterocycles. The number of unbranched alkanes of at least 4 members (excludes halogenated alkanes) is 3. The molecule has 1 heterocycles. The highest BCUT2D eigenvalue weighted by Gasteiger charge is 2.38. The zero-order valence-electron chi connectivity index (χ0n) is 12.2. The van der Waals surface area contributed by atoms with Gasteiger partial charge in [0.1, 0.15) is 0 Å². The van der Waals surface area contributed by atoms with Crippen molar-refractivity contribution in [3.63, 3.8) is 0 Å². The van der Waals surface area contributed by atoms with Crippen molar-refractivity contribution in [1.29, 1.82) is 0 Å². The fourth-order valence-electron chi connectivity index (χ4n) is 2.88. The summed E-state index contributed by atoms with van der Waals surface area (Å²) in [5.74, 6) is -0.634. The van der Waals surface area contributed by atoms with Crippen molar-refractivity contribution in [2.45, 2.75) is 71.8 Å². The van der Waals surface area contributed by atoms with Gasteiger partial charge in [-0.15, -0.1) is 0 Å². The lowest BCUT2D eigenvalue weighted by Gasteiger charge is -2.40. The lowest BCUT2D eigenvalue weighted by Crippen LogP contribution is -2.49. The van der Waals surface area contributed by atoms with Gasteiger partial charge in [0.2, 0.25) is 0 Å². The van der Waals surface area contributed by atoms with Gasteiger partial charge >= 0.3 is 5.97 Å². The van der Waals surface area contributed by atoms with Crippen molar-refractivity contribution in [1.82, 2.24) is 4.90 Å². The fraction of sp³-hybridized carbons (Fsp3) is 0.933. The number of carbonyl (C=O) groups is 1. The number of likely N-dealkylation sites (tertiary alicyclic amines) is 1. The summed E-state index contributed by atoms with van der Waals surface area (Å²) in [5, 5.41) is 9.32. The summed E-state index contributed by atoms with van der Waals surface area (Å²) in [7, 11) is 0. The quantitative estimate of drug-likeness (QED) is 0.707. The van der Waals surface area contributed by atoms with Crippen LogP contribution in [0.25, 0.3) is 0 Å². The van der Waals surface area contributed by atoms with Crippen LogP contribution in [0.4, 0.5) is 0 Å². The summed E-state index contributed by atoms with van der Waals surface area (Å²) in [5.41, 5.74) is -0.532. The molecular weight excluding hydrogens is 226 g/mol. The summed E-state index contributed by atoms with van der Waals surface area (Å²) in [6, 6.07) is 0.529. The van der Waals surface area contributed by atoms with E-state index in [1.54, 1.807) is 0 Å². The first kappa shape index (κ1) is 15.5. The molecule has 2 unspecified atom stereocenters. The van der Waals surface area contributed by atoms with Crippen LogP contribution in [0.3, 0.4) is 0 Å². The SMILES string of the molecule is CCCCCCC(C)N1CCCC(C)(C(=O)O)C1. The van der Waals surface area contributed by atoms with Gasteiger partial charge in [0, 0.05) is 12.6 Å². The first-order valence-electron chi connectivity index (χ1n) is 7.47. The molecule has 0 amide bonds. The molecule has 1 rings (SSSR count). The lowest BCUT2D eigenvalue weighted by molar-refractivity contribution is -0.151. The molecule has 1 N–H and O–H groups in total. The number of nitrogens with zero attached hydrogens (tertiary/aromatic N) is 1. The molecule has 0 saturated carbocycles. The van der Waals surface area contributed by atoms with Crippen LogP contribution in [-0.4, -0.2) is 35.1 Å². The Hall–Kier alpha value is -0.570. The Morgan fingerprint density at radius 1 is 1.39 bits per heavy atom. The average Bonchev–Trinajstić information content (AvgIpc) is 2.34. The third kappa shape index (κ3) is 4.27. The monoisotopic (exact) mass is 255 g/mol. The molecule has 0 spiro atoms. The molecule has 0 aromatic carbocycles. The summed E-state index contributed by atoms with van der Waals surface area (Å²) < 4.78 is 0. The van der Waals surface area contributed by atoms with Gasteiger partial charge in [0.15, 0.2) is 0 Å². The Morgan fingerprint density at radius 2 is 2.11 bits per heavy atom. The number of hydrogen-bond acceptors (Lipinski definition) is 2. The summed E-state index contributed by atoms with van der Waals surface area (Å²) in [4.78, 5) is 13.7. The number of hydrogen-bond donors (Lipinski definition) is 1. The molecule has 0 bridgehead atoms. The Balaban J connectivity index is 2.38. The minimum atomic E-state index is -0.634. The van der Waals surface area contributed by atoms with Crippen molar-refractivity contribution < 1.29 is 9.90 Å². The van der Waals surface area contributed by atoms with Crippen molar-refractivity contribution in [3.8, 4) is 0 Å². The van der Waals surface area contributed by atoms with Crippen molar-refractivity contribution >= 4 is 5.97 Å². The van der Waals surface area contributed by atoms with Gasteiger partial charge in [0.05, 0.1) is 5.41 Å². The molecule has 2 atom stereocenters. The maximum Gasteiger partial charge on any atom is 0.310 e. The first-order chi connectivity index (χ1) is 8.49. The predicted octanol–water partition coefficient (Wildman–Crippen LogP) is 3.53. The van der Waals surface area contributed by atoms with E-state index in [0.29, 0.717) is 6.04 Å². The molecule has 18 heavy (non-hydrogen) atoms. The topological polar surface area (TPSA) is 40.5 Å². The number of piperidine rings is 1. The summed E-state index contributed by atoms with van der Waals surface area (Å²) >= 11 is 0. The Kier molecular flexibility index (Phi) is 6.13. The van der Waals surface area contributed by atoms with Crippen LogP contribution in [0, 0.1) is 5.41 Å². The maximum absolute atomic E-state index is 11.3. The fourth-order valence-corrected chi connectivity index (χ4v) is 2.88. The standard InChI is InChI=1S/C15H29NO2/c1-4-5-6-7-9-13(2)16-11-8-10-15(3,12-16)14(17)18/h13H,4-12H2,1-3H3,(H,17,18). The van der Waals surface area contributed by atoms with E-state index in [2.05, 4.69) is 18.7 Å². The van der Waals surface area contributed by atoms with Gasteiger partial charge in [-0.2, -0.15) is 0 Å². The molecule has 1 aliphatic rings. The molecule has 1 saturated heterocycles. The van der Waals surface area contributed by atoms with E-state index in [9.17, 15) is 9.90 Å². The molecule has 3 heteroatoms. The van der Waals surface area contributed by atoms with Crippen LogP contribution >= 0.6 is 0 Å². The largest absolute Gasteiger partial charge is 0.481 e. The molecule has 1 aliphatic heterocycles. The van der Waals surface area contributed by atoms with Gasteiger partial charge in [-0.1, -0.05) is 32.6 Å². The second kappa shape index (κ2) is 7.13. The van der Waals surface area contributed by atoms with E-state index >= 15 is 0 Å². The van der Waals surface area contributed by atoms with E-state index in [1.807, 2.05) is 6.92 Å². The highest BCUT2D eigenvalue weighted by atomic mass is 16.4. The minimum Gasteiger partial charge on any atom is -0.481 e. The number of aliphatic carboxylic acids is 1. The van der Waals surface area contributed by atoms with Gasteiger partial charge in [-0.3, -0.25) is 9.69 Å². The Labute approximate surface area is 112 Å². The summed E-state index contributed by atoms with van der Waals surface area (Å²) in [6.07, 6.45) is 8.22. The van der Waals surface area contributed by atoms with Crippen LogP contribution in [0.1, 0.15) is 65.7 Å². The van der Waals surface area contributed by atoms with Crippen LogP contribution in [0.5, 0.6) is 0 Å². The van der Waals surface area contributed by atoms with E-state index in [4.69, 9.17) is 0 Å². The van der Waals surface area contributed by atoms with E-state index in [-0.39, 0.29) is 0 Å². The zero-order chi connectivity index (χ0) is 13.6. The molecule has 3 nitrogen and oxygen atoms in total. The van der Waals surface area contributed by atoms with Crippen molar-refractivity contribution in [2.24, 2.45) is 5.41 Å². The smallest absolute Gasteiger partial charge is 0.310 e. The summed E-state index contributed by atoms with van der Waals surface area (Å²) in [6.45, 7) is 8.16. The van der Waals surface area contributed by atoms with Gasteiger partial charge < -0.3 is 5.11 Å². The minimum absolute atomic E-state index is 0.529. The van der Waals surface area contributed by atoms with Gasteiger partial charge in [-0.25, -0.2) is 0 Å². The highest BCUT2D eigenvalue weighted by Crippen LogP contribution is 2.31. The first-order valence-corrected chi connectivity index (χ1v) is 7.47. The molecule has 0 radical (unpaired) electrons. The Bertz CT molecular complexity index is 267. The molecular formula is C15H29NO2. The van der Waals surface area contributed by atoms with Crippen molar-refractivity contribution in [3.05, 3.63) is 0 Å². The average molecular weight is 255 g/mol. The third-order valence-corrected chi connectivity index (χ3v) is 4.34. The van der Waals surface area contributed by atoms with Crippen LogP contribution in [0.15, 0.2) is 0 Å². The zero-order valence-corrected chi connectivity index (χ0v) is 12.2. The molecule has 1 fully saturated rings. The number of rotatable bonds is 7. The number of carboxylic acid groups (broad SMARTS) is 1. The normalized spacial score (nSPS) is 27.1. The van der Waals surface area contributed by atoms with Gasteiger partial charge in [-0.05, 0) is 39.7 Å². The second-order valence-corrected chi connectivity index (χ2v) is 6.14. The predicted molar refractivity (Wildman–Crippen MR) is 74.8 cm³/mol. The molecule has 0 aliphatic carbocycles. The van der Waals surface area contributed by atoms with Crippen LogP contribution in [0.2, 0.25) is 0 Å². The lowest BCUT2D eigenvalue weighted by atomic mass is 9.81. The number of carboxylic acids is 1. The van der Waals surface area contributed by atoms with Crippen LogP contribution < -0.4 is 0 Å². The van der Waals surface area contributed by atoms with E-state index < -0.39 is 11.4 Å². The maximum atomic E-state index is 11.3. The van der Waals surface area contributed by atoms with Crippen LogP contribution in [-0.2, 0) is 4.79 Å². The molecule has 0 aromatic rings. The molecule has 106 valence electrons. The van der Waals surface area contributed by atoms with Crippen molar-refractivity contribution in [2.75, 3.05) is 13.1 Å². The van der Waals surface area contributed by atoms with Gasteiger partial charge in [0.25, 0.3) is 0 Å². The highest BCUT2D eigenvalue weighted by molar-refractivity contribution is 5.74.